The zero-order valence-electron chi connectivity index (χ0n) is 15.8. The fraction of sp³-hybridized carbons (Fsp3) is 0.190. The van der Waals surface area contributed by atoms with E-state index in [1.807, 2.05) is 30.3 Å². The van der Waals surface area contributed by atoms with Crippen LogP contribution in [-0.2, 0) is 4.79 Å². The second-order valence-electron chi connectivity index (χ2n) is 6.66. The van der Waals surface area contributed by atoms with E-state index in [0.717, 1.165) is 10.5 Å². The zero-order chi connectivity index (χ0) is 21.1. The Bertz CT molecular complexity index is 990. The largest absolute Gasteiger partial charge is 0.478 e. The summed E-state index contributed by atoms with van der Waals surface area (Å²) in [4.78, 5) is 38.2. The quantitative estimate of drug-likeness (QED) is 0.698. The number of aliphatic carboxylic acids is 1. The average molecular weight is 414 g/mol. The van der Waals surface area contributed by atoms with Crippen molar-refractivity contribution in [1.82, 2.24) is 15.5 Å². The maximum Gasteiger partial charge on any atom is 0.335 e. The maximum atomic E-state index is 12.8. The lowest BCUT2D eigenvalue weighted by molar-refractivity contribution is -0.133. The molecule has 2 atom stereocenters. The van der Waals surface area contributed by atoms with Gasteiger partial charge in [0.1, 0.15) is 0 Å². The number of nitrogens with zero attached hydrogens (tertiary/aromatic N) is 1. The Morgan fingerprint density at radius 3 is 2.48 bits per heavy atom. The number of carboxylic acid groups (broad SMARTS) is 1. The molecule has 0 spiro atoms. The van der Waals surface area contributed by atoms with Gasteiger partial charge in [-0.3, -0.25) is 0 Å². The number of benzene rings is 2. The molecule has 7 nitrogen and oxygen atoms in total. The lowest BCUT2D eigenvalue weighted by atomic mass is 9.95. The highest BCUT2D eigenvalue weighted by Gasteiger charge is 2.38. The second-order valence-corrected chi connectivity index (χ2v) is 7.10. The number of carbonyl (C=O) groups is 3. The molecule has 0 fully saturated rings. The summed E-state index contributed by atoms with van der Waals surface area (Å²) in [6.07, 6.45) is 0. The van der Waals surface area contributed by atoms with E-state index in [0.29, 0.717) is 10.6 Å². The van der Waals surface area contributed by atoms with Gasteiger partial charge in [-0.2, -0.15) is 0 Å². The Balaban J connectivity index is 1.93. The molecule has 1 unspecified atom stereocenters. The van der Waals surface area contributed by atoms with Crippen LogP contribution >= 0.6 is 11.6 Å². The van der Waals surface area contributed by atoms with Gasteiger partial charge in [0.15, 0.2) is 0 Å². The van der Waals surface area contributed by atoms with Crippen molar-refractivity contribution >= 4 is 29.6 Å². The normalized spacial score (nSPS) is 17.6. The van der Waals surface area contributed by atoms with E-state index in [9.17, 15) is 19.5 Å². The minimum Gasteiger partial charge on any atom is -0.478 e. The molecule has 0 saturated heterocycles. The number of carbonyl (C=O) groups excluding carboxylic acids is 2. The highest BCUT2D eigenvalue weighted by atomic mass is 35.5. The molecule has 3 N–H and O–H groups in total. The van der Waals surface area contributed by atoms with Gasteiger partial charge in [0.05, 0.1) is 17.7 Å². The molecular weight excluding hydrogens is 394 g/mol. The first-order valence-corrected chi connectivity index (χ1v) is 9.33. The number of urea groups is 2. The van der Waals surface area contributed by atoms with Crippen molar-refractivity contribution in [1.29, 1.82) is 0 Å². The number of halogens is 1. The smallest absolute Gasteiger partial charge is 0.335 e. The molecule has 2 aromatic carbocycles. The van der Waals surface area contributed by atoms with Crippen molar-refractivity contribution in [2.75, 3.05) is 0 Å². The van der Waals surface area contributed by atoms with Crippen LogP contribution in [0.5, 0.6) is 0 Å². The summed E-state index contributed by atoms with van der Waals surface area (Å²) < 4.78 is 0. The minimum atomic E-state index is -1.23. The topological polar surface area (TPSA) is 98.7 Å². The molecule has 0 aromatic heterocycles. The summed E-state index contributed by atoms with van der Waals surface area (Å²) in [6, 6.07) is 13.1. The molecule has 0 aliphatic carbocycles. The first kappa shape index (κ1) is 20.4. The molecule has 1 heterocycles. The van der Waals surface area contributed by atoms with Gasteiger partial charge in [-0.1, -0.05) is 54.1 Å². The summed E-state index contributed by atoms with van der Waals surface area (Å²) in [7, 11) is 0. The Hall–Kier alpha value is -3.32. The summed E-state index contributed by atoms with van der Waals surface area (Å²) in [5.74, 6) is -1.23. The Morgan fingerprint density at radius 2 is 1.86 bits per heavy atom. The third-order valence-electron chi connectivity index (χ3n) is 4.74. The van der Waals surface area contributed by atoms with Crippen molar-refractivity contribution < 1.29 is 19.5 Å². The van der Waals surface area contributed by atoms with Crippen LogP contribution in [0, 0.1) is 0 Å². The predicted octanol–water partition coefficient (Wildman–Crippen LogP) is 4.24. The van der Waals surface area contributed by atoms with Crippen molar-refractivity contribution in [3.63, 3.8) is 0 Å². The molecule has 29 heavy (non-hydrogen) atoms. The van der Waals surface area contributed by atoms with E-state index in [-0.39, 0.29) is 17.3 Å². The molecule has 8 heteroatoms. The van der Waals surface area contributed by atoms with Crippen molar-refractivity contribution in [3.8, 4) is 0 Å². The molecular formula is C21H20ClN3O4. The van der Waals surface area contributed by atoms with Crippen LogP contribution in [0.2, 0.25) is 5.02 Å². The molecule has 2 aromatic rings. The van der Waals surface area contributed by atoms with E-state index in [1.54, 1.807) is 31.2 Å². The van der Waals surface area contributed by atoms with Gasteiger partial charge in [-0.15, -0.1) is 0 Å². The molecule has 1 aliphatic rings. The first-order valence-electron chi connectivity index (χ1n) is 8.95. The van der Waals surface area contributed by atoms with E-state index in [1.165, 1.54) is 6.92 Å². The Labute approximate surface area is 173 Å². The van der Waals surface area contributed by atoms with Crippen molar-refractivity contribution in [2.24, 2.45) is 0 Å². The average Bonchev–Trinajstić information content (AvgIpc) is 2.67. The predicted molar refractivity (Wildman–Crippen MR) is 108 cm³/mol. The van der Waals surface area contributed by atoms with Crippen LogP contribution < -0.4 is 10.6 Å². The third-order valence-corrected chi connectivity index (χ3v) is 4.97. The van der Waals surface area contributed by atoms with Gasteiger partial charge >= 0.3 is 18.0 Å². The van der Waals surface area contributed by atoms with Crippen LogP contribution in [0.1, 0.15) is 37.1 Å². The van der Waals surface area contributed by atoms with Crippen LogP contribution in [0.15, 0.2) is 65.9 Å². The molecule has 150 valence electrons. The van der Waals surface area contributed by atoms with Crippen molar-refractivity contribution in [3.05, 3.63) is 82.0 Å². The zero-order valence-corrected chi connectivity index (χ0v) is 16.6. The van der Waals surface area contributed by atoms with Gasteiger partial charge in [-0.05, 0) is 37.1 Å². The standard InChI is InChI=1S/C21H20ClN3O4/c1-12(14-7-4-3-5-8-14)23-20(28)25-13(2)17(19(26)27)18(24-21(25)29)15-9-6-10-16(22)11-15/h3-12,18H,1-2H3,(H,23,28)(H,24,29)(H,26,27)/t12?,18-/m1/s1. The molecule has 0 saturated carbocycles. The molecule has 3 rings (SSSR count). The van der Waals surface area contributed by atoms with Crippen LogP contribution in [0.3, 0.4) is 0 Å². The Morgan fingerprint density at radius 1 is 1.17 bits per heavy atom. The van der Waals surface area contributed by atoms with Gasteiger partial charge in [0.25, 0.3) is 0 Å². The maximum absolute atomic E-state index is 12.8. The fourth-order valence-corrected chi connectivity index (χ4v) is 3.47. The van der Waals surface area contributed by atoms with Gasteiger partial charge < -0.3 is 15.7 Å². The Kier molecular flexibility index (Phi) is 5.89. The minimum absolute atomic E-state index is 0.0454. The fourth-order valence-electron chi connectivity index (χ4n) is 3.28. The summed E-state index contributed by atoms with van der Waals surface area (Å²) in [5.41, 5.74) is 1.31. The van der Waals surface area contributed by atoms with Crippen molar-refractivity contribution in [2.45, 2.75) is 25.9 Å². The van der Waals surface area contributed by atoms with Crippen LogP contribution in [0.25, 0.3) is 0 Å². The number of hydrogen-bond donors (Lipinski definition) is 3. The molecule has 1 aliphatic heterocycles. The van der Waals surface area contributed by atoms with E-state index >= 15 is 0 Å². The number of allylic oxidation sites excluding steroid dienone is 1. The molecule has 4 amide bonds. The number of rotatable bonds is 4. The van der Waals surface area contributed by atoms with Gasteiger partial charge in [0.2, 0.25) is 0 Å². The highest BCUT2D eigenvalue weighted by molar-refractivity contribution is 6.30. The number of amides is 4. The summed E-state index contributed by atoms with van der Waals surface area (Å²) >= 11 is 6.01. The molecule has 0 bridgehead atoms. The van der Waals surface area contributed by atoms with Crippen LogP contribution in [-0.4, -0.2) is 28.0 Å². The summed E-state index contributed by atoms with van der Waals surface area (Å²) in [6.45, 7) is 3.22. The second kappa shape index (κ2) is 8.36. The monoisotopic (exact) mass is 413 g/mol. The third kappa shape index (κ3) is 4.25. The molecule has 0 radical (unpaired) electrons. The summed E-state index contributed by atoms with van der Waals surface area (Å²) in [5, 5.41) is 15.5. The number of imide groups is 1. The van der Waals surface area contributed by atoms with Gasteiger partial charge in [-0.25, -0.2) is 19.3 Å². The SMILES string of the molecule is CC1=C(C(=O)O)[C@@H](c2cccc(Cl)c2)NC(=O)N1C(=O)NC(C)c1ccccc1. The lowest BCUT2D eigenvalue weighted by Crippen LogP contribution is -2.53. The first-order chi connectivity index (χ1) is 13.8. The number of nitrogens with one attached hydrogen (secondary N) is 2. The number of carboxylic acids is 1. The van der Waals surface area contributed by atoms with E-state index in [2.05, 4.69) is 10.6 Å². The highest BCUT2D eigenvalue weighted by Crippen LogP contribution is 2.32. The van der Waals surface area contributed by atoms with E-state index in [4.69, 9.17) is 11.6 Å². The van der Waals surface area contributed by atoms with Gasteiger partial charge in [0, 0.05) is 10.7 Å². The van der Waals surface area contributed by atoms with E-state index < -0.39 is 24.1 Å². The lowest BCUT2D eigenvalue weighted by Gasteiger charge is -2.34. The number of hydrogen-bond acceptors (Lipinski definition) is 3. The van der Waals surface area contributed by atoms with Crippen LogP contribution in [0.4, 0.5) is 9.59 Å².